The van der Waals surface area contributed by atoms with Crippen LogP contribution in [0.2, 0.25) is 0 Å². The highest BCUT2D eigenvalue weighted by atomic mass is 35.5. The zero-order valence-electron chi connectivity index (χ0n) is 5.91. The second-order valence-corrected chi connectivity index (χ2v) is 2.19. The highest BCUT2D eigenvalue weighted by Gasteiger charge is 2.28. The summed E-state index contributed by atoms with van der Waals surface area (Å²) in [6, 6.07) is 0. The van der Waals surface area contributed by atoms with Gasteiger partial charge in [-0.05, 0) is 24.1 Å². The molecule has 0 heterocycles. The summed E-state index contributed by atoms with van der Waals surface area (Å²) >= 11 is 5.23. The SMILES string of the molecule is CC/C=C(/Cl)OCC(F)(F)F. The fourth-order valence-electron chi connectivity index (χ4n) is 0.370. The van der Waals surface area contributed by atoms with E-state index >= 15 is 0 Å². The van der Waals surface area contributed by atoms with Crippen LogP contribution < -0.4 is 0 Å². The molecular formula is C6H8ClF3O. The molecule has 11 heavy (non-hydrogen) atoms. The number of rotatable bonds is 3. The summed E-state index contributed by atoms with van der Waals surface area (Å²) in [5.41, 5.74) is 0. The Hall–Kier alpha value is -0.380. The molecule has 0 aromatic rings. The van der Waals surface area contributed by atoms with Gasteiger partial charge in [-0.15, -0.1) is 0 Å². The fourth-order valence-corrected chi connectivity index (χ4v) is 0.579. The lowest BCUT2D eigenvalue weighted by atomic mass is 10.5. The first-order chi connectivity index (χ1) is 4.95. The smallest absolute Gasteiger partial charge is 0.422 e. The van der Waals surface area contributed by atoms with Gasteiger partial charge in [-0.2, -0.15) is 13.2 Å². The van der Waals surface area contributed by atoms with Crippen LogP contribution in [0.15, 0.2) is 11.3 Å². The molecule has 0 aromatic heterocycles. The summed E-state index contributed by atoms with van der Waals surface area (Å²) in [5, 5.41) is -0.204. The van der Waals surface area contributed by atoms with Crippen LogP contribution in [0.4, 0.5) is 13.2 Å². The van der Waals surface area contributed by atoms with Crippen LogP contribution in [0.5, 0.6) is 0 Å². The van der Waals surface area contributed by atoms with Crippen LogP contribution in [-0.2, 0) is 4.74 Å². The van der Waals surface area contributed by atoms with Crippen LogP contribution in [0.25, 0.3) is 0 Å². The van der Waals surface area contributed by atoms with Gasteiger partial charge in [-0.1, -0.05) is 6.92 Å². The van der Waals surface area contributed by atoms with E-state index in [4.69, 9.17) is 11.6 Å². The van der Waals surface area contributed by atoms with Crippen molar-refractivity contribution in [2.45, 2.75) is 19.5 Å². The van der Waals surface area contributed by atoms with E-state index in [0.717, 1.165) is 0 Å². The maximum absolute atomic E-state index is 11.4. The van der Waals surface area contributed by atoms with Crippen molar-refractivity contribution in [1.29, 1.82) is 0 Å². The van der Waals surface area contributed by atoms with E-state index in [1.807, 2.05) is 0 Å². The highest BCUT2D eigenvalue weighted by Crippen LogP contribution is 2.17. The first kappa shape index (κ1) is 10.6. The molecule has 0 amide bonds. The molecule has 0 radical (unpaired) electrons. The van der Waals surface area contributed by atoms with Gasteiger partial charge in [0.2, 0.25) is 0 Å². The first-order valence-corrected chi connectivity index (χ1v) is 3.38. The Bertz CT molecular complexity index is 141. The molecule has 0 aliphatic rings. The van der Waals surface area contributed by atoms with Gasteiger partial charge in [-0.3, -0.25) is 0 Å². The summed E-state index contributed by atoms with van der Waals surface area (Å²) in [4.78, 5) is 0. The van der Waals surface area contributed by atoms with Crippen molar-refractivity contribution in [3.63, 3.8) is 0 Å². The predicted octanol–water partition coefficient (Wildman–Crippen LogP) is 3.06. The summed E-state index contributed by atoms with van der Waals surface area (Å²) in [6.45, 7) is 0.418. The molecule has 0 aromatic carbocycles. The first-order valence-electron chi connectivity index (χ1n) is 3.01. The van der Waals surface area contributed by atoms with Gasteiger partial charge in [0.25, 0.3) is 0 Å². The monoisotopic (exact) mass is 188 g/mol. The van der Waals surface area contributed by atoms with Gasteiger partial charge in [0.05, 0.1) is 0 Å². The van der Waals surface area contributed by atoms with E-state index < -0.39 is 12.8 Å². The van der Waals surface area contributed by atoms with E-state index in [1.165, 1.54) is 6.08 Å². The van der Waals surface area contributed by atoms with Crippen LogP contribution in [0, 0.1) is 0 Å². The van der Waals surface area contributed by atoms with Crippen molar-refractivity contribution < 1.29 is 17.9 Å². The molecule has 0 unspecified atom stereocenters. The largest absolute Gasteiger partial charge is 0.474 e. The molecule has 0 aliphatic carbocycles. The van der Waals surface area contributed by atoms with Crippen LogP contribution in [-0.4, -0.2) is 12.8 Å². The number of hydrogen-bond donors (Lipinski definition) is 0. The van der Waals surface area contributed by atoms with E-state index in [0.29, 0.717) is 6.42 Å². The third kappa shape index (κ3) is 7.52. The summed E-state index contributed by atoms with van der Waals surface area (Å²) < 4.78 is 38.5. The summed E-state index contributed by atoms with van der Waals surface area (Å²) in [5.74, 6) is 0. The number of alkyl halides is 3. The average Bonchev–Trinajstić information content (AvgIpc) is 1.83. The molecule has 0 bridgehead atoms. The van der Waals surface area contributed by atoms with E-state index in [-0.39, 0.29) is 5.22 Å². The molecule has 0 aliphatic heterocycles. The minimum absolute atomic E-state index is 0.204. The average molecular weight is 189 g/mol. The van der Waals surface area contributed by atoms with Crippen molar-refractivity contribution >= 4 is 11.6 Å². The maximum atomic E-state index is 11.4. The third-order valence-corrected chi connectivity index (χ3v) is 1.00. The van der Waals surface area contributed by atoms with Gasteiger partial charge < -0.3 is 4.74 Å². The summed E-state index contributed by atoms with van der Waals surface area (Å²) in [7, 11) is 0. The van der Waals surface area contributed by atoms with Crippen LogP contribution in [0.1, 0.15) is 13.3 Å². The second kappa shape index (κ2) is 4.49. The lowest BCUT2D eigenvalue weighted by molar-refractivity contribution is -0.162. The Balaban J connectivity index is 3.62. The van der Waals surface area contributed by atoms with Gasteiger partial charge in [0.1, 0.15) is 0 Å². The standard InChI is InChI=1S/C6H8ClF3O/c1-2-3-5(7)11-4-6(8,9)10/h3H,2,4H2,1H3/b5-3-. The van der Waals surface area contributed by atoms with Crippen LogP contribution >= 0.6 is 11.6 Å². The normalized spacial score (nSPS) is 13.4. The lowest BCUT2D eigenvalue weighted by Crippen LogP contribution is -2.15. The second-order valence-electron chi connectivity index (χ2n) is 1.82. The molecular weight excluding hydrogens is 181 g/mol. The molecule has 5 heteroatoms. The molecule has 0 fully saturated rings. The van der Waals surface area contributed by atoms with E-state index in [2.05, 4.69) is 4.74 Å². The minimum atomic E-state index is -4.32. The molecule has 0 atom stereocenters. The molecule has 1 nitrogen and oxygen atoms in total. The number of ether oxygens (including phenoxy) is 1. The molecule has 0 N–H and O–H groups in total. The van der Waals surface area contributed by atoms with Crippen molar-refractivity contribution in [2.75, 3.05) is 6.61 Å². The zero-order valence-corrected chi connectivity index (χ0v) is 6.67. The van der Waals surface area contributed by atoms with Crippen molar-refractivity contribution in [2.24, 2.45) is 0 Å². The fraction of sp³-hybridized carbons (Fsp3) is 0.667. The number of allylic oxidation sites excluding steroid dienone is 1. The topological polar surface area (TPSA) is 9.23 Å². The van der Waals surface area contributed by atoms with Gasteiger partial charge in [0.15, 0.2) is 11.8 Å². The highest BCUT2D eigenvalue weighted by molar-refractivity contribution is 6.28. The Labute approximate surface area is 67.8 Å². The number of halogens is 4. The van der Waals surface area contributed by atoms with Crippen LogP contribution in [0.3, 0.4) is 0 Å². The Morgan fingerprint density at radius 2 is 2.09 bits per heavy atom. The maximum Gasteiger partial charge on any atom is 0.422 e. The van der Waals surface area contributed by atoms with E-state index in [1.54, 1.807) is 6.92 Å². The predicted molar refractivity (Wildman–Crippen MR) is 36.2 cm³/mol. The minimum Gasteiger partial charge on any atom is -0.474 e. The third-order valence-electron chi connectivity index (χ3n) is 0.738. The molecule has 0 saturated heterocycles. The summed E-state index contributed by atoms with van der Waals surface area (Å²) in [6.07, 6.45) is -2.40. The van der Waals surface area contributed by atoms with Gasteiger partial charge in [0, 0.05) is 0 Å². The molecule has 0 rings (SSSR count). The molecule has 0 spiro atoms. The van der Waals surface area contributed by atoms with E-state index in [9.17, 15) is 13.2 Å². The van der Waals surface area contributed by atoms with Gasteiger partial charge >= 0.3 is 6.18 Å². The Morgan fingerprint density at radius 1 is 1.55 bits per heavy atom. The zero-order chi connectivity index (χ0) is 8.91. The van der Waals surface area contributed by atoms with Crippen molar-refractivity contribution in [3.05, 3.63) is 11.3 Å². The lowest BCUT2D eigenvalue weighted by Gasteiger charge is -2.06. The number of hydrogen-bond acceptors (Lipinski definition) is 1. The van der Waals surface area contributed by atoms with Crippen molar-refractivity contribution in [1.82, 2.24) is 0 Å². The van der Waals surface area contributed by atoms with Crippen molar-refractivity contribution in [3.8, 4) is 0 Å². The quantitative estimate of drug-likeness (QED) is 0.619. The molecule has 0 saturated carbocycles. The Kier molecular flexibility index (Phi) is 4.33. The Morgan fingerprint density at radius 3 is 2.45 bits per heavy atom. The molecule has 66 valence electrons. The van der Waals surface area contributed by atoms with Gasteiger partial charge in [-0.25, -0.2) is 0 Å².